The lowest BCUT2D eigenvalue weighted by Crippen LogP contribution is -2.14. The molecule has 0 aliphatic heterocycles. The highest BCUT2D eigenvalue weighted by Gasteiger charge is 2.15. The fourth-order valence-corrected chi connectivity index (χ4v) is 1.81. The maximum Gasteiger partial charge on any atom is 0.248 e. The molecule has 1 amide bonds. The minimum absolute atomic E-state index is 0.104. The first-order valence-corrected chi connectivity index (χ1v) is 4.72. The molecule has 0 saturated carbocycles. The molecule has 2 N–H and O–H groups in total. The van der Waals surface area contributed by atoms with Crippen molar-refractivity contribution in [2.75, 3.05) is 0 Å². The Balaban J connectivity index is 2.56. The summed E-state index contributed by atoms with van der Waals surface area (Å²) >= 11 is 0. The predicted octanol–water partition coefficient (Wildman–Crippen LogP) is 1.31. The van der Waals surface area contributed by atoms with Crippen molar-refractivity contribution in [3.8, 4) is 0 Å². The van der Waals surface area contributed by atoms with Gasteiger partial charge in [-0.15, -0.1) is 0 Å². The number of allylic oxidation sites excluding steroid dienone is 2. The first-order valence-electron chi connectivity index (χ1n) is 4.72. The average molecular weight is 201 g/mol. The molecule has 0 spiro atoms. The van der Waals surface area contributed by atoms with E-state index in [1.165, 1.54) is 0 Å². The van der Waals surface area contributed by atoms with Crippen molar-refractivity contribution in [2.24, 2.45) is 5.73 Å². The van der Waals surface area contributed by atoms with Crippen LogP contribution >= 0.6 is 0 Å². The van der Waals surface area contributed by atoms with E-state index in [1.54, 1.807) is 24.3 Å². The molecule has 0 atom stereocenters. The number of amides is 1. The number of carbonyl (C=O) groups is 2. The van der Waals surface area contributed by atoms with E-state index in [0.29, 0.717) is 12.0 Å². The van der Waals surface area contributed by atoms with Crippen LogP contribution in [0, 0.1) is 0 Å². The van der Waals surface area contributed by atoms with Crippen LogP contribution in [0.1, 0.15) is 28.4 Å². The van der Waals surface area contributed by atoms with Crippen LogP contribution in [-0.2, 0) is 11.2 Å². The normalized spacial score (nSPS) is 14.5. The number of benzene rings is 1. The number of ketones is 1. The summed E-state index contributed by atoms with van der Waals surface area (Å²) in [6, 6.07) is 5.20. The van der Waals surface area contributed by atoms with Gasteiger partial charge < -0.3 is 5.73 Å². The van der Waals surface area contributed by atoms with Crippen LogP contribution in [0.2, 0.25) is 0 Å². The van der Waals surface area contributed by atoms with Crippen molar-refractivity contribution in [1.29, 1.82) is 0 Å². The Kier molecular flexibility index (Phi) is 2.15. The topological polar surface area (TPSA) is 60.2 Å². The number of fused-ring (bicyclic) bond motifs is 1. The van der Waals surface area contributed by atoms with Crippen molar-refractivity contribution in [1.82, 2.24) is 0 Å². The first-order chi connectivity index (χ1) is 7.08. The highest BCUT2D eigenvalue weighted by Crippen LogP contribution is 2.25. The van der Waals surface area contributed by atoms with Gasteiger partial charge in [0, 0.05) is 12.0 Å². The van der Waals surface area contributed by atoms with E-state index in [-0.39, 0.29) is 5.78 Å². The van der Waals surface area contributed by atoms with Gasteiger partial charge in [-0.1, -0.05) is 6.07 Å². The van der Waals surface area contributed by atoms with Gasteiger partial charge in [-0.25, -0.2) is 0 Å². The zero-order valence-corrected chi connectivity index (χ0v) is 8.41. The van der Waals surface area contributed by atoms with Crippen molar-refractivity contribution in [2.45, 2.75) is 13.3 Å². The lowest BCUT2D eigenvalue weighted by Gasteiger charge is -2.14. The molecule has 0 radical (unpaired) electrons. The van der Waals surface area contributed by atoms with E-state index in [4.69, 9.17) is 5.73 Å². The first kappa shape index (κ1) is 9.65. The highest BCUT2D eigenvalue weighted by molar-refractivity contribution is 6.02. The van der Waals surface area contributed by atoms with Crippen LogP contribution in [0.25, 0.3) is 5.57 Å². The van der Waals surface area contributed by atoms with Gasteiger partial charge in [0.05, 0.1) is 0 Å². The van der Waals surface area contributed by atoms with Crippen LogP contribution in [-0.4, -0.2) is 11.7 Å². The maximum atomic E-state index is 11.3. The summed E-state index contributed by atoms with van der Waals surface area (Å²) in [5, 5.41) is 0. The molecule has 1 aromatic carbocycles. The number of hydrogen-bond acceptors (Lipinski definition) is 2. The molecule has 0 saturated heterocycles. The largest absolute Gasteiger partial charge is 0.366 e. The summed E-state index contributed by atoms with van der Waals surface area (Å²) < 4.78 is 0. The van der Waals surface area contributed by atoms with Gasteiger partial charge in [0.1, 0.15) is 0 Å². The van der Waals surface area contributed by atoms with Crippen LogP contribution in [0.15, 0.2) is 24.3 Å². The predicted molar refractivity (Wildman–Crippen MR) is 57.3 cm³/mol. The molecule has 76 valence electrons. The Morgan fingerprint density at radius 1 is 1.40 bits per heavy atom. The van der Waals surface area contributed by atoms with Crippen LogP contribution in [0.5, 0.6) is 0 Å². The van der Waals surface area contributed by atoms with Crippen molar-refractivity contribution in [3.05, 3.63) is 41.0 Å². The Labute approximate surface area is 87.6 Å². The van der Waals surface area contributed by atoms with Gasteiger partial charge >= 0.3 is 0 Å². The molecule has 2 rings (SSSR count). The van der Waals surface area contributed by atoms with Gasteiger partial charge in [-0.2, -0.15) is 0 Å². The Bertz CT molecular complexity index is 486. The molecule has 3 nitrogen and oxygen atoms in total. The molecule has 3 heteroatoms. The monoisotopic (exact) mass is 201 g/mol. The minimum Gasteiger partial charge on any atom is -0.366 e. The molecule has 1 aliphatic rings. The van der Waals surface area contributed by atoms with Crippen LogP contribution in [0.3, 0.4) is 0 Å². The fourth-order valence-electron chi connectivity index (χ4n) is 1.81. The summed E-state index contributed by atoms with van der Waals surface area (Å²) in [5.74, 6) is -0.339. The van der Waals surface area contributed by atoms with Crippen molar-refractivity contribution >= 4 is 17.3 Å². The molecular weight excluding hydrogens is 190 g/mol. The number of nitrogens with two attached hydrogens (primary N) is 1. The molecule has 0 bridgehead atoms. The number of primary amides is 1. The van der Waals surface area contributed by atoms with Crippen molar-refractivity contribution in [3.63, 3.8) is 0 Å². The zero-order chi connectivity index (χ0) is 11.0. The quantitative estimate of drug-likeness (QED) is 0.744. The van der Waals surface area contributed by atoms with E-state index in [9.17, 15) is 9.59 Å². The summed E-state index contributed by atoms with van der Waals surface area (Å²) in [5.41, 5.74) is 8.48. The lowest BCUT2D eigenvalue weighted by atomic mass is 9.89. The summed E-state index contributed by atoms with van der Waals surface area (Å²) in [6.45, 7) is 1.86. The molecule has 0 fully saturated rings. The highest BCUT2D eigenvalue weighted by atomic mass is 16.1. The third kappa shape index (κ3) is 1.68. The smallest absolute Gasteiger partial charge is 0.248 e. The van der Waals surface area contributed by atoms with E-state index in [2.05, 4.69) is 0 Å². The molecule has 15 heavy (non-hydrogen) atoms. The van der Waals surface area contributed by atoms with E-state index >= 15 is 0 Å². The fraction of sp³-hybridized carbons (Fsp3) is 0.167. The molecule has 1 aliphatic carbocycles. The third-order valence-corrected chi connectivity index (χ3v) is 2.56. The molecular formula is C12H11NO2. The van der Waals surface area contributed by atoms with Gasteiger partial charge in [0.15, 0.2) is 5.78 Å². The van der Waals surface area contributed by atoms with E-state index in [1.807, 2.05) is 6.92 Å². The maximum absolute atomic E-state index is 11.3. The van der Waals surface area contributed by atoms with Gasteiger partial charge in [0.2, 0.25) is 5.91 Å². The lowest BCUT2D eigenvalue weighted by molar-refractivity contribution is -0.114. The van der Waals surface area contributed by atoms with Crippen LogP contribution in [0.4, 0.5) is 0 Å². The molecule has 0 heterocycles. The van der Waals surface area contributed by atoms with Gasteiger partial charge in [-0.3, -0.25) is 9.59 Å². The second kappa shape index (κ2) is 3.35. The van der Waals surface area contributed by atoms with Crippen molar-refractivity contribution < 1.29 is 9.59 Å². The Morgan fingerprint density at radius 3 is 2.80 bits per heavy atom. The Hall–Kier alpha value is -1.90. The second-order valence-corrected chi connectivity index (χ2v) is 3.71. The van der Waals surface area contributed by atoms with E-state index < -0.39 is 5.91 Å². The average Bonchev–Trinajstić information content (AvgIpc) is 2.16. The third-order valence-electron chi connectivity index (χ3n) is 2.56. The summed E-state index contributed by atoms with van der Waals surface area (Å²) in [4.78, 5) is 22.3. The Morgan fingerprint density at radius 2 is 2.13 bits per heavy atom. The SMILES string of the molecule is CC1=CC(=O)Cc2ccc(C(N)=O)cc21. The summed E-state index contributed by atoms with van der Waals surface area (Å²) in [7, 11) is 0. The van der Waals surface area contributed by atoms with Gasteiger partial charge in [-0.05, 0) is 41.8 Å². The number of rotatable bonds is 1. The van der Waals surface area contributed by atoms with Gasteiger partial charge in [0.25, 0.3) is 0 Å². The molecule has 0 aromatic heterocycles. The summed E-state index contributed by atoms with van der Waals surface area (Å²) in [6.07, 6.45) is 2.01. The zero-order valence-electron chi connectivity index (χ0n) is 8.41. The standard InChI is InChI=1S/C12H11NO2/c1-7-4-10(14)5-8-2-3-9(12(13)15)6-11(7)8/h2-4,6H,5H2,1H3,(H2,13,15). The molecule has 0 unspecified atom stereocenters. The minimum atomic E-state index is -0.442. The van der Waals surface area contributed by atoms with E-state index in [0.717, 1.165) is 16.7 Å². The number of hydrogen-bond donors (Lipinski definition) is 1. The van der Waals surface area contributed by atoms with Crippen LogP contribution < -0.4 is 5.73 Å². The molecule has 1 aromatic rings. The number of carbonyl (C=O) groups excluding carboxylic acids is 2. The second-order valence-electron chi connectivity index (χ2n) is 3.71.